The number of allylic oxidation sites excluding steroid dienone is 4. The number of likely N-dealkylation sites (N-methyl/N-ethyl adjacent to an activating group) is 1. The molecule has 4 heteroatoms. The fourth-order valence-electron chi connectivity index (χ4n) is 3.23. The van der Waals surface area contributed by atoms with Crippen molar-refractivity contribution >= 4 is 0 Å². The molecule has 0 amide bonds. The number of ether oxygens (including phenoxy) is 2. The van der Waals surface area contributed by atoms with Crippen LogP contribution < -0.4 is 12.4 Å². The maximum atomic E-state index is 6.16. The molecule has 0 aliphatic rings. The first kappa shape index (κ1) is 31.8. The second-order valence-corrected chi connectivity index (χ2v) is 9.26. The van der Waals surface area contributed by atoms with Gasteiger partial charge in [0.15, 0.2) is 0 Å². The average molecular weight is 446 g/mol. The Morgan fingerprint density at radius 2 is 1.13 bits per heavy atom. The van der Waals surface area contributed by atoms with E-state index in [0.717, 1.165) is 49.9 Å². The Labute approximate surface area is 195 Å². The molecule has 0 aliphatic heterocycles. The third kappa shape index (κ3) is 25.7. The predicted molar refractivity (Wildman–Crippen MR) is 128 cm³/mol. The first-order valence-electron chi connectivity index (χ1n) is 12.3. The Kier molecular flexibility index (Phi) is 24.7. The molecule has 0 aromatic carbocycles. The minimum atomic E-state index is 0. The van der Waals surface area contributed by atoms with Gasteiger partial charge in [0, 0.05) is 13.2 Å². The number of nitrogens with zero attached hydrogens (tertiary/aromatic N) is 1. The summed E-state index contributed by atoms with van der Waals surface area (Å²) in [6, 6.07) is 0. The van der Waals surface area contributed by atoms with E-state index in [2.05, 4.69) is 59.3 Å². The molecular weight excluding hydrogens is 394 g/mol. The third-order valence-corrected chi connectivity index (χ3v) is 4.87. The van der Waals surface area contributed by atoms with Crippen molar-refractivity contribution in [3.63, 3.8) is 0 Å². The van der Waals surface area contributed by atoms with Gasteiger partial charge in [0.25, 0.3) is 0 Å². The highest BCUT2D eigenvalue weighted by molar-refractivity contribution is 4.82. The van der Waals surface area contributed by atoms with E-state index in [4.69, 9.17) is 9.47 Å². The van der Waals surface area contributed by atoms with Crippen molar-refractivity contribution in [3.05, 3.63) is 24.3 Å². The summed E-state index contributed by atoms with van der Waals surface area (Å²) in [6.45, 7) is 7.87. The lowest BCUT2D eigenvalue weighted by Crippen LogP contribution is -3.00. The van der Waals surface area contributed by atoms with E-state index in [0.29, 0.717) is 6.61 Å². The minimum absolute atomic E-state index is 0. The van der Waals surface area contributed by atoms with Crippen LogP contribution in [0.2, 0.25) is 0 Å². The molecule has 1 unspecified atom stereocenters. The maximum absolute atomic E-state index is 6.16. The van der Waals surface area contributed by atoms with E-state index in [9.17, 15) is 0 Å². The summed E-state index contributed by atoms with van der Waals surface area (Å²) in [6.07, 6.45) is 24.3. The summed E-state index contributed by atoms with van der Waals surface area (Å²) in [5.41, 5.74) is 0. The van der Waals surface area contributed by atoms with Gasteiger partial charge < -0.3 is 26.4 Å². The van der Waals surface area contributed by atoms with E-state index in [1.807, 2.05) is 0 Å². The van der Waals surface area contributed by atoms with E-state index in [-0.39, 0.29) is 18.5 Å². The molecule has 0 aliphatic carbocycles. The molecule has 0 aromatic rings. The standard InChI is InChI=1S/C26H52NO2.ClH/c1-6-8-10-12-14-16-18-20-22-28-25-26(24-27(3,4)5)29-23-21-19-17-15-13-11-9-7-2;/h14-17,26H,6-13,18-25H2,1-5H3;1H/q+1;/p-1/b16-14-,17-15-;. The van der Waals surface area contributed by atoms with Crippen molar-refractivity contribution in [1.82, 2.24) is 0 Å². The highest BCUT2D eigenvalue weighted by Crippen LogP contribution is 2.06. The normalized spacial score (nSPS) is 13.2. The Balaban J connectivity index is 0. The average Bonchev–Trinajstić information content (AvgIpc) is 2.66. The molecule has 0 saturated carbocycles. The van der Waals surface area contributed by atoms with Gasteiger partial charge in [-0.15, -0.1) is 0 Å². The summed E-state index contributed by atoms with van der Waals surface area (Å²) in [5.74, 6) is 0. The first-order chi connectivity index (χ1) is 14.0. The van der Waals surface area contributed by atoms with Gasteiger partial charge in [-0.1, -0.05) is 63.8 Å². The van der Waals surface area contributed by atoms with Crippen molar-refractivity contribution in [2.45, 2.75) is 97.0 Å². The molecule has 1 atom stereocenters. The minimum Gasteiger partial charge on any atom is -1.00 e. The molecular formula is C26H52ClNO2. The second-order valence-electron chi connectivity index (χ2n) is 9.26. The van der Waals surface area contributed by atoms with Gasteiger partial charge in [0.1, 0.15) is 12.6 Å². The highest BCUT2D eigenvalue weighted by Gasteiger charge is 2.18. The first-order valence-corrected chi connectivity index (χ1v) is 12.3. The summed E-state index contributed by atoms with van der Waals surface area (Å²) in [4.78, 5) is 0. The zero-order valence-electron chi connectivity index (χ0n) is 20.8. The van der Waals surface area contributed by atoms with E-state index in [1.54, 1.807) is 0 Å². The van der Waals surface area contributed by atoms with Crippen molar-refractivity contribution in [3.8, 4) is 0 Å². The molecule has 0 N–H and O–H groups in total. The Morgan fingerprint density at radius 1 is 0.667 bits per heavy atom. The van der Waals surface area contributed by atoms with Crippen LogP contribution in [0.5, 0.6) is 0 Å². The monoisotopic (exact) mass is 445 g/mol. The maximum Gasteiger partial charge on any atom is 0.130 e. The van der Waals surface area contributed by atoms with E-state index >= 15 is 0 Å². The molecule has 0 rings (SSSR count). The van der Waals surface area contributed by atoms with Gasteiger partial charge in [0.05, 0.1) is 27.7 Å². The van der Waals surface area contributed by atoms with Crippen LogP contribution in [0.15, 0.2) is 24.3 Å². The van der Waals surface area contributed by atoms with Gasteiger partial charge in [-0.25, -0.2) is 0 Å². The van der Waals surface area contributed by atoms with Crippen LogP contribution in [0.3, 0.4) is 0 Å². The van der Waals surface area contributed by atoms with Gasteiger partial charge in [-0.3, -0.25) is 0 Å². The van der Waals surface area contributed by atoms with Crippen molar-refractivity contribution in [2.24, 2.45) is 0 Å². The second kappa shape index (κ2) is 23.3. The molecule has 0 aromatic heterocycles. The summed E-state index contributed by atoms with van der Waals surface area (Å²) in [7, 11) is 6.66. The summed E-state index contributed by atoms with van der Waals surface area (Å²) in [5, 5.41) is 0. The number of quaternary nitrogens is 1. The molecule has 30 heavy (non-hydrogen) atoms. The Bertz CT molecular complexity index is 391. The van der Waals surface area contributed by atoms with Gasteiger partial charge in [0.2, 0.25) is 0 Å². The van der Waals surface area contributed by atoms with Gasteiger partial charge in [-0.2, -0.15) is 0 Å². The molecule has 0 saturated heterocycles. The lowest BCUT2D eigenvalue weighted by atomic mass is 10.2. The third-order valence-electron chi connectivity index (χ3n) is 4.87. The summed E-state index contributed by atoms with van der Waals surface area (Å²) < 4.78 is 13.0. The van der Waals surface area contributed by atoms with Crippen LogP contribution in [-0.2, 0) is 9.47 Å². The Morgan fingerprint density at radius 3 is 1.60 bits per heavy atom. The number of rotatable bonds is 21. The molecule has 3 nitrogen and oxygen atoms in total. The van der Waals surface area contributed by atoms with Crippen LogP contribution in [0.25, 0.3) is 0 Å². The van der Waals surface area contributed by atoms with Crippen molar-refractivity contribution in [2.75, 3.05) is 47.5 Å². The van der Waals surface area contributed by atoms with Crippen LogP contribution in [-0.4, -0.2) is 58.1 Å². The lowest BCUT2D eigenvalue weighted by molar-refractivity contribution is -0.873. The zero-order valence-corrected chi connectivity index (χ0v) is 21.6. The van der Waals surface area contributed by atoms with Gasteiger partial charge >= 0.3 is 0 Å². The SMILES string of the molecule is CCCCC/C=C\CCCOCC(C[N+](C)(C)C)OCCC/C=C\CCCCC.[Cl-]. The molecule has 0 radical (unpaired) electrons. The van der Waals surface area contributed by atoms with Crippen LogP contribution in [0.4, 0.5) is 0 Å². The molecule has 180 valence electrons. The van der Waals surface area contributed by atoms with Crippen molar-refractivity contribution < 1.29 is 26.4 Å². The smallest absolute Gasteiger partial charge is 0.130 e. The molecule has 0 fully saturated rings. The topological polar surface area (TPSA) is 18.5 Å². The fourth-order valence-corrected chi connectivity index (χ4v) is 3.23. The van der Waals surface area contributed by atoms with E-state index in [1.165, 1.54) is 51.4 Å². The fraction of sp³-hybridized carbons (Fsp3) is 0.846. The predicted octanol–water partition coefficient (Wildman–Crippen LogP) is 3.93. The van der Waals surface area contributed by atoms with Crippen molar-refractivity contribution in [1.29, 1.82) is 0 Å². The Hall–Kier alpha value is -0.350. The number of halogens is 1. The quantitative estimate of drug-likeness (QED) is 0.151. The van der Waals surface area contributed by atoms with E-state index < -0.39 is 0 Å². The number of hydrogen-bond donors (Lipinski definition) is 0. The van der Waals surface area contributed by atoms with Gasteiger partial charge in [-0.05, 0) is 51.4 Å². The van der Waals surface area contributed by atoms with Crippen LogP contribution in [0, 0.1) is 0 Å². The highest BCUT2D eigenvalue weighted by atomic mass is 35.5. The molecule has 0 heterocycles. The van der Waals surface area contributed by atoms with Crippen LogP contribution in [0.1, 0.15) is 90.9 Å². The lowest BCUT2D eigenvalue weighted by Gasteiger charge is -2.29. The largest absolute Gasteiger partial charge is 1.00 e. The molecule has 0 bridgehead atoms. The number of hydrogen-bond acceptors (Lipinski definition) is 2. The summed E-state index contributed by atoms with van der Waals surface area (Å²) >= 11 is 0. The van der Waals surface area contributed by atoms with Crippen LogP contribution >= 0.6 is 0 Å². The molecule has 0 spiro atoms. The number of unbranched alkanes of at least 4 members (excludes halogenated alkanes) is 8. The zero-order chi connectivity index (χ0) is 21.6.